The van der Waals surface area contributed by atoms with Gasteiger partial charge in [0.2, 0.25) is 0 Å². The summed E-state index contributed by atoms with van der Waals surface area (Å²) in [6.07, 6.45) is 1.60. The molecule has 0 aromatic rings. The number of hydrogen-bond donors (Lipinski definition) is 2. The lowest BCUT2D eigenvalue weighted by molar-refractivity contribution is -0.121. The molecule has 0 amide bonds. The van der Waals surface area contributed by atoms with Gasteiger partial charge in [0.15, 0.2) is 11.6 Å². The minimum Gasteiger partial charge on any atom is -0.511 e. The second kappa shape index (κ2) is 8.90. The van der Waals surface area contributed by atoms with Crippen molar-refractivity contribution in [2.24, 2.45) is 17.8 Å². The Balaban J connectivity index is 5.24. The molecule has 0 fully saturated rings. The van der Waals surface area contributed by atoms with Crippen molar-refractivity contribution >= 4 is 11.6 Å². The van der Waals surface area contributed by atoms with Crippen molar-refractivity contribution in [2.75, 3.05) is 6.61 Å². The number of allylic oxidation sites excluding steroid dienone is 1. The number of hydrogen-bond acceptors (Lipinski definition) is 4. The molecule has 0 spiro atoms. The number of aliphatic hydroxyl groups is 2. The van der Waals surface area contributed by atoms with Gasteiger partial charge in [0.1, 0.15) is 5.76 Å². The van der Waals surface area contributed by atoms with Crippen LogP contribution in [0.1, 0.15) is 53.9 Å². The number of aliphatic hydroxyl groups excluding tert-OH is 2. The summed E-state index contributed by atoms with van der Waals surface area (Å²) in [5.41, 5.74) is -0.137. The third kappa shape index (κ3) is 6.33. The monoisotopic (exact) mass is 284 g/mol. The van der Waals surface area contributed by atoms with Crippen LogP contribution in [0.4, 0.5) is 0 Å². The van der Waals surface area contributed by atoms with Crippen LogP contribution in [0.5, 0.6) is 0 Å². The zero-order valence-corrected chi connectivity index (χ0v) is 13.3. The van der Waals surface area contributed by atoms with E-state index < -0.39 is 11.7 Å². The normalized spacial score (nSPS) is 14.4. The van der Waals surface area contributed by atoms with E-state index >= 15 is 0 Å². The second-order valence-electron chi connectivity index (χ2n) is 6.19. The van der Waals surface area contributed by atoms with E-state index in [9.17, 15) is 19.8 Å². The number of carbonyl (C=O) groups is 2. The Kier molecular flexibility index (Phi) is 8.39. The van der Waals surface area contributed by atoms with Crippen LogP contribution in [-0.4, -0.2) is 28.4 Å². The fourth-order valence-corrected chi connectivity index (χ4v) is 2.05. The highest BCUT2D eigenvalue weighted by molar-refractivity contribution is 6.19. The summed E-state index contributed by atoms with van der Waals surface area (Å²) in [6, 6.07) is 0. The van der Waals surface area contributed by atoms with Crippen molar-refractivity contribution < 1.29 is 19.8 Å². The maximum Gasteiger partial charge on any atom is 0.170 e. The van der Waals surface area contributed by atoms with E-state index in [1.807, 2.05) is 27.7 Å². The van der Waals surface area contributed by atoms with Gasteiger partial charge in [-0.25, -0.2) is 0 Å². The molecule has 0 unspecified atom stereocenters. The van der Waals surface area contributed by atoms with Crippen LogP contribution in [0.25, 0.3) is 0 Å². The van der Waals surface area contributed by atoms with Gasteiger partial charge < -0.3 is 10.2 Å². The lowest BCUT2D eigenvalue weighted by atomic mass is 9.90. The largest absolute Gasteiger partial charge is 0.511 e. The van der Waals surface area contributed by atoms with Crippen molar-refractivity contribution in [1.82, 2.24) is 0 Å². The zero-order valence-electron chi connectivity index (χ0n) is 13.3. The molecule has 0 aromatic carbocycles. The fraction of sp³-hybridized carbons (Fsp3) is 0.750. The standard InChI is InChI=1S/C16H28O4/c1-10(2)6-7-13(9-17)16(20)15(12(5)18)14(19)8-11(3)4/h10-11,13,17,20H,6-9H2,1-5H3/t13-/m0/s1. The zero-order chi connectivity index (χ0) is 15.9. The molecule has 116 valence electrons. The summed E-state index contributed by atoms with van der Waals surface area (Å²) in [7, 11) is 0. The van der Waals surface area contributed by atoms with Gasteiger partial charge in [-0.15, -0.1) is 0 Å². The Morgan fingerprint density at radius 1 is 1.00 bits per heavy atom. The van der Waals surface area contributed by atoms with Gasteiger partial charge in [-0.05, 0) is 25.2 Å². The Labute approximate surface area is 121 Å². The molecule has 0 radical (unpaired) electrons. The Hall–Kier alpha value is -1.16. The maximum absolute atomic E-state index is 12.1. The van der Waals surface area contributed by atoms with Crippen molar-refractivity contribution in [2.45, 2.75) is 53.9 Å². The summed E-state index contributed by atoms with van der Waals surface area (Å²) < 4.78 is 0. The average Bonchev–Trinajstić information content (AvgIpc) is 2.27. The third-order valence-corrected chi connectivity index (χ3v) is 3.18. The molecule has 0 bridgehead atoms. The van der Waals surface area contributed by atoms with Crippen LogP contribution >= 0.6 is 0 Å². The molecule has 0 rings (SSSR count). The first-order valence-corrected chi connectivity index (χ1v) is 7.28. The van der Waals surface area contributed by atoms with E-state index in [1.165, 1.54) is 6.92 Å². The van der Waals surface area contributed by atoms with Crippen LogP contribution in [0.2, 0.25) is 0 Å². The first kappa shape index (κ1) is 18.8. The van der Waals surface area contributed by atoms with Crippen LogP contribution in [0.15, 0.2) is 11.3 Å². The van der Waals surface area contributed by atoms with Crippen LogP contribution in [0, 0.1) is 17.8 Å². The summed E-state index contributed by atoms with van der Waals surface area (Å²) in [5.74, 6) is -1.00. The lowest BCUT2D eigenvalue weighted by Crippen LogP contribution is -2.21. The van der Waals surface area contributed by atoms with Gasteiger partial charge in [-0.3, -0.25) is 9.59 Å². The number of ketones is 2. The van der Waals surface area contributed by atoms with Crippen molar-refractivity contribution in [3.63, 3.8) is 0 Å². The molecule has 0 saturated heterocycles. The molecule has 0 aliphatic carbocycles. The Bertz CT molecular complexity index is 367. The van der Waals surface area contributed by atoms with Crippen molar-refractivity contribution in [3.05, 3.63) is 11.3 Å². The van der Waals surface area contributed by atoms with E-state index in [1.54, 1.807) is 0 Å². The first-order chi connectivity index (χ1) is 9.20. The van der Waals surface area contributed by atoms with Gasteiger partial charge in [-0.2, -0.15) is 0 Å². The molecule has 0 aliphatic heterocycles. The Morgan fingerprint density at radius 2 is 1.55 bits per heavy atom. The number of rotatable bonds is 9. The topological polar surface area (TPSA) is 74.6 Å². The van der Waals surface area contributed by atoms with Crippen LogP contribution < -0.4 is 0 Å². The highest BCUT2D eigenvalue weighted by Crippen LogP contribution is 2.23. The number of carbonyl (C=O) groups excluding carboxylic acids is 2. The predicted molar refractivity (Wildman–Crippen MR) is 79.4 cm³/mol. The summed E-state index contributed by atoms with van der Waals surface area (Å²) in [5, 5.41) is 19.6. The molecule has 20 heavy (non-hydrogen) atoms. The summed E-state index contributed by atoms with van der Waals surface area (Å²) in [4.78, 5) is 23.7. The molecule has 4 nitrogen and oxygen atoms in total. The fourth-order valence-electron chi connectivity index (χ4n) is 2.05. The van der Waals surface area contributed by atoms with Gasteiger partial charge in [-0.1, -0.05) is 34.1 Å². The summed E-state index contributed by atoms with van der Waals surface area (Å²) >= 11 is 0. The van der Waals surface area contributed by atoms with E-state index in [4.69, 9.17) is 0 Å². The van der Waals surface area contributed by atoms with Crippen LogP contribution in [0.3, 0.4) is 0 Å². The van der Waals surface area contributed by atoms with Gasteiger partial charge >= 0.3 is 0 Å². The van der Waals surface area contributed by atoms with E-state index in [0.29, 0.717) is 12.3 Å². The van der Waals surface area contributed by atoms with Crippen LogP contribution in [-0.2, 0) is 9.59 Å². The molecule has 2 N–H and O–H groups in total. The molecule has 0 aromatic heterocycles. The molecule has 0 saturated carbocycles. The van der Waals surface area contributed by atoms with Gasteiger partial charge in [0.25, 0.3) is 0 Å². The van der Waals surface area contributed by atoms with E-state index in [0.717, 1.165) is 6.42 Å². The van der Waals surface area contributed by atoms with Gasteiger partial charge in [0, 0.05) is 12.3 Å². The highest BCUT2D eigenvalue weighted by Gasteiger charge is 2.25. The minimum absolute atomic E-state index is 0.118. The molecule has 1 atom stereocenters. The predicted octanol–water partition coefficient (Wildman–Crippen LogP) is 3.05. The Morgan fingerprint density at radius 3 is 1.90 bits per heavy atom. The molecular formula is C16H28O4. The van der Waals surface area contributed by atoms with E-state index in [2.05, 4.69) is 0 Å². The first-order valence-electron chi connectivity index (χ1n) is 7.28. The smallest absolute Gasteiger partial charge is 0.170 e. The second-order valence-corrected chi connectivity index (χ2v) is 6.19. The lowest BCUT2D eigenvalue weighted by Gasteiger charge is -2.17. The van der Waals surface area contributed by atoms with Crippen molar-refractivity contribution in [1.29, 1.82) is 0 Å². The highest BCUT2D eigenvalue weighted by atomic mass is 16.3. The summed E-state index contributed by atoms with van der Waals surface area (Å²) in [6.45, 7) is 8.88. The van der Waals surface area contributed by atoms with Crippen molar-refractivity contribution in [3.8, 4) is 0 Å². The van der Waals surface area contributed by atoms with Gasteiger partial charge in [0.05, 0.1) is 12.2 Å². The third-order valence-electron chi connectivity index (χ3n) is 3.18. The molecular weight excluding hydrogens is 256 g/mol. The van der Waals surface area contributed by atoms with E-state index in [-0.39, 0.29) is 36.1 Å². The SMILES string of the molecule is CC(=O)C(C(=O)CC(C)C)=C(O)[C@H](CO)CCC(C)C. The maximum atomic E-state index is 12.1. The minimum atomic E-state index is -0.535. The molecule has 0 aliphatic rings. The average molecular weight is 284 g/mol. The molecule has 0 heterocycles. The quantitative estimate of drug-likeness (QED) is 0.295. The number of Topliss-reactive ketones (excluding diaryl/α,β-unsaturated/α-hetero) is 2. The molecule has 4 heteroatoms.